The molecule has 6 nitrogen and oxygen atoms in total. The Morgan fingerprint density at radius 1 is 1.12 bits per heavy atom. The first kappa shape index (κ1) is 14.6. The van der Waals surface area contributed by atoms with Gasteiger partial charge in [0.2, 0.25) is 6.79 Å². The van der Waals surface area contributed by atoms with Crippen molar-refractivity contribution in [3.05, 3.63) is 59.2 Å². The summed E-state index contributed by atoms with van der Waals surface area (Å²) in [6.07, 6.45) is 0. The van der Waals surface area contributed by atoms with E-state index in [1.165, 1.54) is 0 Å². The number of hydrogen-bond acceptors (Lipinski definition) is 4. The first-order chi connectivity index (χ1) is 11.7. The van der Waals surface area contributed by atoms with Gasteiger partial charge in [-0.05, 0) is 30.3 Å². The van der Waals surface area contributed by atoms with Gasteiger partial charge in [0.25, 0.3) is 5.91 Å². The Kier molecular flexibility index (Phi) is 3.59. The maximum Gasteiger partial charge on any atom is 0.273 e. The van der Waals surface area contributed by atoms with Crippen LogP contribution in [0.25, 0.3) is 11.3 Å². The van der Waals surface area contributed by atoms with Crippen molar-refractivity contribution in [2.75, 3.05) is 12.1 Å². The second-order valence-corrected chi connectivity index (χ2v) is 5.64. The number of carbonyl (C=O) groups excluding carboxylic acids is 1. The Hall–Kier alpha value is -2.99. The summed E-state index contributed by atoms with van der Waals surface area (Å²) in [6.45, 7) is 0.191. The van der Waals surface area contributed by atoms with Crippen molar-refractivity contribution in [2.24, 2.45) is 0 Å². The molecule has 2 aromatic carbocycles. The van der Waals surface area contributed by atoms with Gasteiger partial charge >= 0.3 is 0 Å². The number of H-pyrrole nitrogens is 1. The third-order valence-corrected chi connectivity index (χ3v) is 3.81. The molecule has 7 heteroatoms. The van der Waals surface area contributed by atoms with Crippen molar-refractivity contribution >= 4 is 23.2 Å². The lowest BCUT2D eigenvalue weighted by atomic mass is 10.1. The highest BCUT2D eigenvalue weighted by Gasteiger charge is 2.16. The quantitative estimate of drug-likeness (QED) is 0.761. The summed E-state index contributed by atoms with van der Waals surface area (Å²) in [5, 5.41) is 10.3. The van der Waals surface area contributed by atoms with Crippen LogP contribution >= 0.6 is 11.6 Å². The van der Waals surface area contributed by atoms with E-state index in [1.54, 1.807) is 36.4 Å². The first-order valence-corrected chi connectivity index (χ1v) is 7.59. The number of anilines is 1. The molecule has 120 valence electrons. The van der Waals surface area contributed by atoms with Gasteiger partial charge in [-0.2, -0.15) is 5.10 Å². The molecule has 0 unspecified atom stereocenters. The van der Waals surface area contributed by atoms with Crippen LogP contribution in [-0.4, -0.2) is 22.9 Å². The number of carbonyl (C=O) groups is 1. The number of fused-ring (bicyclic) bond motifs is 1. The van der Waals surface area contributed by atoms with Crippen molar-refractivity contribution in [3.63, 3.8) is 0 Å². The zero-order valence-corrected chi connectivity index (χ0v) is 13.1. The Labute approximate surface area is 142 Å². The van der Waals surface area contributed by atoms with E-state index < -0.39 is 0 Å². The molecule has 1 aromatic heterocycles. The molecule has 2 heterocycles. The Bertz CT molecular complexity index is 923. The van der Waals surface area contributed by atoms with Crippen LogP contribution in [0.1, 0.15) is 10.5 Å². The minimum absolute atomic E-state index is 0.191. The van der Waals surface area contributed by atoms with Crippen molar-refractivity contribution in [1.82, 2.24) is 10.2 Å². The average molecular weight is 342 g/mol. The van der Waals surface area contributed by atoms with Gasteiger partial charge in [0.05, 0.1) is 5.69 Å². The molecule has 0 fully saturated rings. The van der Waals surface area contributed by atoms with Crippen molar-refractivity contribution in [3.8, 4) is 22.8 Å². The number of aromatic amines is 1. The number of amides is 1. The van der Waals surface area contributed by atoms with Gasteiger partial charge in [-0.1, -0.05) is 23.7 Å². The predicted molar refractivity (Wildman–Crippen MR) is 89.6 cm³/mol. The number of rotatable bonds is 3. The summed E-state index contributed by atoms with van der Waals surface area (Å²) in [7, 11) is 0. The van der Waals surface area contributed by atoms with Crippen LogP contribution in [0.2, 0.25) is 5.02 Å². The number of benzene rings is 2. The Morgan fingerprint density at radius 2 is 2.00 bits per heavy atom. The number of aromatic nitrogens is 2. The number of nitrogens with zero attached hydrogens (tertiary/aromatic N) is 1. The lowest BCUT2D eigenvalue weighted by Crippen LogP contribution is -2.12. The molecule has 0 spiro atoms. The topological polar surface area (TPSA) is 76.2 Å². The second kappa shape index (κ2) is 5.90. The maximum absolute atomic E-state index is 12.3. The minimum Gasteiger partial charge on any atom is -0.454 e. The van der Waals surface area contributed by atoms with Gasteiger partial charge in [0.15, 0.2) is 11.5 Å². The molecule has 0 saturated carbocycles. The number of nitrogens with one attached hydrogen (secondary N) is 2. The van der Waals surface area contributed by atoms with Crippen LogP contribution in [0.15, 0.2) is 48.5 Å². The molecule has 1 aliphatic heterocycles. The fourth-order valence-electron chi connectivity index (χ4n) is 2.41. The zero-order valence-electron chi connectivity index (χ0n) is 12.4. The lowest BCUT2D eigenvalue weighted by molar-refractivity contribution is 0.102. The molecule has 4 rings (SSSR count). The monoisotopic (exact) mass is 341 g/mol. The zero-order chi connectivity index (χ0) is 16.5. The van der Waals surface area contributed by atoms with Gasteiger partial charge in [-0.3, -0.25) is 9.89 Å². The van der Waals surface area contributed by atoms with Crippen molar-refractivity contribution in [1.29, 1.82) is 0 Å². The Morgan fingerprint density at radius 3 is 2.88 bits per heavy atom. The van der Waals surface area contributed by atoms with E-state index in [9.17, 15) is 4.79 Å². The highest BCUT2D eigenvalue weighted by atomic mass is 35.5. The molecular formula is C17H12ClN3O3. The average Bonchev–Trinajstić information content (AvgIpc) is 3.24. The lowest BCUT2D eigenvalue weighted by Gasteiger charge is -2.04. The standard InChI is InChI=1S/C17H12ClN3O3/c18-11-3-1-2-10(6-11)13-8-14(21-20-13)17(22)19-12-4-5-15-16(7-12)24-9-23-15/h1-8H,9H2,(H,19,22)(H,20,21). The smallest absolute Gasteiger partial charge is 0.273 e. The number of ether oxygens (including phenoxy) is 2. The van der Waals surface area contributed by atoms with Gasteiger partial charge < -0.3 is 14.8 Å². The SMILES string of the molecule is O=C(Nc1ccc2c(c1)OCO2)c1cc(-c2cccc(Cl)c2)n[nH]1. The van der Waals surface area contributed by atoms with Crippen LogP contribution < -0.4 is 14.8 Å². The molecule has 0 radical (unpaired) electrons. The summed E-state index contributed by atoms with van der Waals surface area (Å²) in [6, 6.07) is 14.2. The molecule has 1 aliphatic rings. The van der Waals surface area contributed by atoms with Gasteiger partial charge in [-0.25, -0.2) is 0 Å². The van der Waals surface area contributed by atoms with E-state index in [1.807, 2.05) is 12.1 Å². The third kappa shape index (κ3) is 2.79. The summed E-state index contributed by atoms with van der Waals surface area (Å²) in [5.74, 6) is 0.976. The fraction of sp³-hybridized carbons (Fsp3) is 0.0588. The normalized spacial score (nSPS) is 12.2. The van der Waals surface area contributed by atoms with Gasteiger partial charge in [0, 0.05) is 22.3 Å². The molecular weight excluding hydrogens is 330 g/mol. The van der Waals surface area contributed by atoms with E-state index in [2.05, 4.69) is 15.5 Å². The molecule has 0 bridgehead atoms. The van der Waals surface area contributed by atoms with Crippen LogP contribution in [0.4, 0.5) is 5.69 Å². The summed E-state index contributed by atoms with van der Waals surface area (Å²) in [5.41, 5.74) is 2.44. The predicted octanol–water partition coefficient (Wildman–Crippen LogP) is 3.71. The second-order valence-electron chi connectivity index (χ2n) is 5.20. The van der Waals surface area contributed by atoms with Crippen LogP contribution in [0, 0.1) is 0 Å². The van der Waals surface area contributed by atoms with E-state index in [4.69, 9.17) is 21.1 Å². The highest BCUT2D eigenvalue weighted by molar-refractivity contribution is 6.30. The highest BCUT2D eigenvalue weighted by Crippen LogP contribution is 2.34. The molecule has 0 atom stereocenters. The van der Waals surface area contributed by atoms with Gasteiger partial charge in [0.1, 0.15) is 5.69 Å². The largest absolute Gasteiger partial charge is 0.454 e. The molecule has 0 aliphatic carbocycles. The van der Waals surface area contributed by atoms with E-state index in [0.29, 0.717) is 33.6 Å². The molecule has 1 amide bonds. The fourth-order valence-corrected chi connectivity index (χ4v) is 2.60. The van der Waals surface area contributed by atoms with Crippen molar-refractivity contribution in [2.45, 2.75) is 0 Å². The molecule has 0 saturated heterocycles. The van der Waals surface area contributed by atoms with Crippen molar-refractivity contribution < 1.29 is 14.3 Å². The molecule has 24 heavy (non-hydrogen) atoms. The van der Waals surface area contributed by atoms with E-state index in [-0.39, 0.29) is 12.7 Å². The van der Waals surface area contributed by atoms with E-state index in [0.717, 1.165) is 5.56 Å². The van der Waals surface area contributed by atoms with Crippen LogP contribution in [0.5, 0.6) is 11.5 Å². The minimum atomic E-state index is -0.297. The van der Waals surface area contributed by atoms with E-state index >= 15 is 0 Å². The number of hydrogen-bond donors (Lipinski definition) is 2. The summed E-state index contributed by atoms with van der Waals surface area (Å²) in [4.78, 5) is 12.3. The molecule has 3 aromatic rings. The number of halogens is 1. The van der Waals surface area contributed by atoms with Crippen LogP contribution in [0.3, 0.4) is 0 Å². The van der Waals surface area contributed by atoms with Gasteiger partial charge in [-0.15, -0.1) is 0 Å². The maximum atomic E-state index is 12.3. The molecule has 2 N–H and O–H groups in total. The summed E-state index contributed by atoms with van der Waals surface area (Å²) < 4.78 is 10.5. The summed E-state index contributed by atoms with van der Waals surface area (Å²) >= 11 is 5.98. The van der Waals surface area contributed by atoms with Crippen LogP contribution in [-0.2, 0) is 0 Å². The first-order valence-electron chi connectivity index (χ1n) is 7.21. The third-order valence-electron chi connectivity index (χ3n) is 3.57. The Balaban J connectivity index is 1.53.